The van der Waals surface area contributed by atoms with E-state index >= 15 is 0 Å². The van der Waals surface area contributed by atoms with E-state index in [4.69, 9.17) is 0 Å². The van der Waals surface area contributed by atoms with Crippen molar-refractivity contribution in [2.75, 3.05) is 0 Å². The lowest BCUT2D eigenvalue weighted by molar-refractivity contribution is -0.107. The molecule has 0 heterocycles. The summed E-state index contributed by atoms with van der Waals surface area (Å²) >= 11 is 0. The van der Waals surface area contributed by atoms with Crippen LogP contribution < -0.4 is 0 Å². The molecule has 0 spiro atoms. The Morgan fingerprint density at radius 1 is 1.14 bits per heavy atom. The summed E-state index contributed by atoms with van der Waals surface area (Å²) in [6.45, 7) is 5.92. The molecule has 1 N–H and O–H groups in total. The number of carbonyl (C=O) groups is 1. The highest BCUT2D eigenvalue weighted by atomic mass is 16.3. The van der Waals surface area contributed by atoms with Gasteiger partial charge < -0.3 is 9.90 Å². The van der Waals surface area contributed by atoms with Gasteiger partial charge in [-0.3, -0.25) is 0 Å². The SMILES string of the molecule is CC(C)=C1C[C@@H](O)[C@H](/C=C/[C@H](CCC[C@@H](C)N=O)N=O)[C@H]1C/C=C\CCCC=O. The molecule has 1 fully saturated rings. The summed E-state index contributed by atoms with van der Waals surface area (Å²) in [5.74, 6) is 0.166. The van der Waals surface area contributed by atoms with E-state index in [1.807, 2.05) is 12.2 Å². The molecule has 0 aromatic rings. The third-order valence-corrected chi connectivity index (χ3v) is 5.67. The molecule has 0 aliphatic heterocycles. The third-order valence-electron chi connectivity index (χ3n) is 5.67. The molecule has 0 radical (unpaired) electrons. The highest BCUT2D eigenvalue weighted by molar-refractivity contribution is 5.49. The van der Waals surface area contributed by atoms with Crippen LogP contribution in [0, 0.1) is 21.6 Å². The van der Waals surface area contributed by atoms with Crippen molar-refractivity contribution in [1.29, 1.82) is 0 Å². The summed E-state index contributed by atoms with van der Waals surface area (Å²) in [5, 5.41) is 16.8. The van der Waals surface area contributed by atoms with Crippen molar-refractivity contribution in [3.8, 4) is 0 Å². The summed E-state index contributed by atoms with van der Waals surface area (Å²) in [7, 11) is 0. The average Bonchev–Trinajstić information content (AvgIpc) is 3.02. The quantitative estimate of drug-likeness (QED) is 0.175. The number of hydrogen-bond donors (Lipinski definition) is 1. The van der Waals surface area contributed by atoms with E-state index in [1.165, 1.54) is 11.1 Å². The van der Waals surface area contributed by atoms with Gasteiger partial charge in [0, 0.05) is 12.3 Å². The van der Waals surface area contributed by atoms with Gasteiger partial charge in [0.2, 0.25) is 0 Å². The second-order valence-corrected chi connectivity index (χ2v) is 8.23. The van der Waals surface area contributed by atoms with Crippen molar-refractivity contribution in [3.05, 3.63) is 45.3 Å². The average molecular weight is 405 g/mol. The maximum Gasteiger partial charge on any atom is 0.120 e. The van der Waals surface area contributed by atoms with Crippen molar-refractivity contribution in [2.45, 2.75) is 90.3 Å². The molecular formula is C23H36N2O4. The zero-order valence-electron chi connectivity index (χ0n) is 18.0. The Labute approximate surface area is 174 Å². The van der Waals surface area contributed by atoms with Crippen LogP contribution in [-0.4, -0.2) is 29.6 Å². The van der Waals surface area contributed by atoms with Crippen LogP contribution in [0.4, 0.5) is 0 Å². The molecule has 1 aliphatic rings. The molecule has 1 rings (SSSR count). The Hall–Kier alpha value is -1.95. The summed E-state index contributed by atoms with van der Waals surface area (Å²) in [6.07, 6.45) is 14.2. The Morgan fingerprint density at radius 2 is 1.90 bits per heavy atom. The summed E-state index contributed by atoms with van der Waals surface area (Å²) < 4.78 is 0. The van der Waals surface area contributed by atoms with Gasteiger partial charge in [-0.2, -0.15) is 9.81 Å². The molecule has 0 saturated heterocycles. The lowest BCUT2D eigenvalue weighted by atomic mass is 9.87. The Morgan fingerprint density at radius 3 is 2.52 bits per heavy atom. The molecule has 0 bridgehead atoms. The standard InChI is InChI=1S/C23H36N2O4/c1-17(2)22-16-23(27)21(20(22)12-7-5-4-6-8-15-26)14-13-19(25-29)11-9-10-18(3)24-28/h5,7,13-15,18-21,23,27H,4,6,8-12,16H2,1-3H3/b7-5-,14-13+/t18-,19+,20-,21-,23-/m1/s1. The van der Waals surface area contributed by atoms with E-state index in [0.717, 1.165) is 25.5 Å². The molecule has 0 aromatic heterocycles. The van der Waals surface area contributed by atoms with Crippen LogP contribution in [0.5, 0.6) is 0 Å². The van der Waals surface area contributed by atoms with Gasteiger partial charge in [0.05, 0.1) is 12.1 Å². The molecule has 0 amide bonds. The van der Waals surface area contributed by atoms with Crippen LogP contribution >= 0.6 is 0 Å². The lowest BCUT2D eigenvalue weighted by Gasteiger charge is -2.19. The first kappa shape index (κ1) is 25.1. The van der Waals surface area contributed by atoms with Crippen LogP contribution in [0.1, 0.15) is 72.1 Å². The van der Waals surface area contributed by atoms with Gasteiger partial charge in [0.15, 0.2) is 0 Å². The van der Waals surface area contributed by atoms with Crippen LogP contribution in [-0.2, 0) is 4.79 Å². The van der Waals surface area contributed by atoms with Gasteiger partial charge in [0.25, 0.3) is 0 Å². The summed E-state index contributed by atoms with van der Waals surface area (Å²) in [5.41, 5.74) is 2.52. The Bertz CT molecular complexity index is 608. The minimum Gasteiger partial charge on any atom is -0.392 e. The number of rotatable bonds is 14. The van der Waals surface area contributed by atoms with Crippen LogP contribution in [0.15, 0.2) is 45.8 Å². The molecule has 29 heavy (non-hydrogen) atoms. The molecule has 6 nitrogen and oxygen atoms in total. The second-order valence-electron chi connectivity index (χ2n) is 8.23. The number of aldehydes is 1. The van der Waals surface area contributed by atoms with Crippen molar-refractivity contribution >= 4 is 6.29 Å². The number of hydrogen-bond acceptors (Lipinski definition) is 6. The van der Waals surface area contributed by atoms with E-state index in [2.05, 4.69) is 36.4 Å². The number of carbonyl (C=O) groups excluding carboxylic acids is 1. The van der Waals surface area contributed by atoms with Crippen molar-refractivity contribution in [2.24, 2.45) is 22.2 Å². The first-order valence-corrected chi connectivity index (χ1v) is 10.7. The van der Waals surface area contributed by atoms with E-state index in [-0.39, 0.29) is 17.9 Å². The number of unbranched alkanes of at least 4 members (excludes halogenated alkanes) is 2. The van der Waals surface area contributed by atoms with E-state index in [9.17, 15) is 19.7 Å². The highest BCUT2D eigenvalue weighted by Crippen LogP contribution is 2.42. The zero-order chi connectivity index (χ0) is 21.6. The second kappa shape index (κ2) is 14.1. The Balaban J connectivity index is 2.76. The maximum absolute atomic E-state index is 11.2. The largest absolute Gasteiger partial charge is 0.392 e. The van der Waals surface area contributed by atoms with Gasteiger partial charge in [0.1, 0.15) is 12.3 Å². The first-order valence-electron chi connectivity index (χ1n) is 10.7. The maximum atomic E-state index is 11.2. The van der Waals surface area contributed by atoms with E-state index < -0.39 is 12.1 Å². The normalized spacial score (nSPS) is 24.1. The predicted molar refractivity (Wildman–Crippen MR) is 117 cm³/mol. The molecule has 162 valence electrons. The first-order chi connectivity index (χ1) is 13.9. The van der Waals surface area contributed by atoms with Crippen molar-refractivity contribution < 1.29 is 9.90 Å². The monoisotopic (exact) mass is 404 g/mol. The molecular weight excluding hydrogens is 368 g/mol. The minimum absolute atomic E-state index is 0.0423. The fraction of sp³-hybridized carbons (Fsp3) is 0.696. The molecule has 0 unspecified atom stereocenters. The third kappa shape index (κ3) is 8.94. The molecule has 0 aromatic carbocycles. The van der Waals surface area contributed by atoms with Crippen molar-refractivity contribution in [3.63, 3.8) is 0 Å². The van der Waals surface area contributed by atoms with Crippen LogP contribution in [0.3, 0.4) is 0 Å². The number of allylic oxidation sites excluding steroid dienone is 3. The lowest BCUT2D eigenvalue weighted by Crippen LogP contribution is -2.17. The minimum atomic E-state index is -0.462. The van der Waals surface area contributed by atoms with Crippen molar-refractivity contribution in [1.82, 2.24) is 0 Å². The summed E-state index contributed by atoms with van der Waals surface area (Å²) in [4.78, 5) is 32.1. The number of aliphatic hydroxyl groups is 1. The van der Waals surface area contributed by atoms with Crippen LogP contribution in [0.2, 0.25) is 0 Å². The Kier molecular flexibility index (Phi) is 12.2. The fourth-order valence-corrected chi connectivity index (χ4v) is 3.95. The topological polar surface area (TPSA) is 96.2 Å². The van der Waals surface area contributed by atoms with E-state index in [0.29, 0.717) is 32.1 Å². The fourth-order valence-electron chi connectivity index (χ4n) is 3.95. The van der Waals surface area contributed by atoms with Gasteiger partial charge in [-0.25, -0.2) is 0 Å². The highest BCUT2D eigenvalue weighted by Gasteiger charge is 2.36. The zero-order valence-corrected chi connectivity index (χ0v) is 18.0. The predicted octanol–water partition coefficient (Wildman–Crippen LogP) is 5.65. The van der Waals surface area contributed by atoms with Crippen LogP contribution in [0.25, 0.3) is 0 Å². The number of nitrogens with zero attached hydrogens (tertiary/aromatic N) is 2. The number of aliphatic hydroxyl groups excluding tert-OH is 1. The molecule has 6 heteroatoms. The smallest absolute Gasteiger partial charge is 0.120 e. The molecule has 1 saturated carbocycles. The number of nitroso groups, excluding NO2 is 2. The molecule has 1 aliphatic carbocycles. The molecule has 5 atom stereocenters. The summed E-state index contributed by atoms with van der Waals surface area (Å²) in [6, 6.07) is -0.692. The van der Waals surface area contributed by atoms with Gasteiger partial charge >= 0.3 is 0 Å². The van der Waals surface area contributed by atoms with E-state index in [1.54, 1.807) is 6.92 Å². The van der Waals surface area contributed by atoms with Gasteiger partial charge in [-0.1, -0.05) is 45.8 Å². The van der Waals surface area contributed by atoms with Gasteiger partial charge in [-0.05, 0) is 71.6 Å². The van der Waals surface area contributed by atoms with Gasteiger partial charge in [-0.15, -0.1) is 0 Å².